The largest absolute Gasteiger partial charge is 0.467 e. The summed E-state index contributed by atoms with van der Waals surface area (Å²) in [5.74, 6) is -0.725. The summed E-state index contributed by atoms with van der Waals surface area (Å²) in [6.45, 7) is 5.44. The van der Waals surface area contributed by atoms with Gasteiger partial charge >= 0.3 is 5.97 Å². The third kappa shape index (κ3) is 3.59. The van der Waals surface area contributed by atoms with Crippen molar-refractivity contribution in [1.82, 2.24) is 5.32 Å². The molecule has 4 nitrogen and oxygen atoms in total. The Kier molecular flexibility index (Phi) is 4.26. The lowest BCUT2D eigenvalue weighted by Gasteiger charge is -2.12. The molecule has 0 heterocycles. The van der Waals surface area contributed by atoms with Crippen molar-refractivity contribution in [1.29, 1.82) is 0 Å². The zero-order valence-electron chi connectivity index (χ0n) is 10.5. The molecule has 1 unspecified atom stereocenters. The van der Waals surface area contributed by atoms with Crippen LogP contribution in [0.15, 0.2) is 18.2 Å². The molecule has 0 aliphatic carbocycles. The monoisotopic (exact) mass is 235 g/mol. The average Bonchev–Trinajstić information content (AvgIpc) is 2.26. The predicted octanol–water partition coefficient (Wildman–Crippen LogP) is 1.59. The number of ether oxygens (including phenoxy) is 1. The van der Waals surface area contributed by atoms with Crippen molar-refractivity contribution in [3.05, 3.63) is 34.9 Å². The molecule has 0 aliphatic heterocycles. The van der Waals surface area contributed by atoms with Gasteiger partial charge in [0.2, 0.25) is 0 Å². The summed E-state index contributed by atoms with van der Waals surface area (Å²) in [6, 6.07) is 4.91. The molecule has 0 spiro atoms. The second kappa shape index (κ2) is 5.48. The second-order valence-electron chi connectivity index (χ2n) is 4.09. The van der Waals surface area contributed by atoms with Crippen LogP contribution in [0.2, 0.25) is 0 Å². The minimum Gasteiger partial charge on any atom is -0.467 e. The summed E-state index contributed by atoms with van der Waals surface area (Å²) in [5.41, 5.74) is 2.58. The topological polar surface area (TPSA) is 55.4 Å². The molecule has 0 aromatic heterocycles. The molecule has 1 amide bonds. The van der Waals surface area contributed by atoms with E-state index in [1.807, 2.05) is 19.9 Å². The minimum absolute atomic E-state index is 0.269. The fourth-order valence-electron chi connectivity index (χ4n) is 1.62. The van der Waals surface area contributed by atoms with E-state index in [2.05, 4.69) is 10.1 Å². The Labute approximate surface area is 101 Å². The molecule has 1 rings (SSSR count). The zero-order chi connectivity index (χ0) is 13.0. The number of amides is 1. The predicted molar refractivity (Wildman–Crippen MR) is 64.9 cm³/mol. The molecule has 92 valence electrons. The van der Waals surface area contributed by atoms with E-state index in [9.17, 15) is 9.59 Å². The average molecular weight is 235 g/mol. The SMILES string of the molecule is COC(=O)C(C)NC(=O)c1cc(C)cc(C)c1. The van der Waals surface area contributed by atoms with Crippen molar-refractivity contribution < 1.29 is 14.3 Å². The highest BCUT2D eigenvalue weighted by Gasteiger charge is 2.16. The van der Waals surface area contributed by atoms with Crippen molar-refractivity contribution >= 4 is 11.9 Å². The maximum Gasteiger partial charge on any atom is 0.328 e. The molecular weight excluding hydrogens is 218 g/mol. The summed E-state index contributed by atoms with van der Waals surface area (Å²) < 4.78 is 4.54. The fourth-order valence-corrected chi connectivity index (χ4v) is 1.62. The Bertz CT molecular complexity index is 420. The number of carbonyl (C=O) groups is 2. The Morgan fingerprint density at radius 3 is 2.18 bits per heavy atom. The van der Waals surface area contributed by atoms with Crippen LogP contribution >= 0.6 is 0 Å². The summed E-state index contributed by atoms with van der Waals surface area (Å²) in [6.07, 6.45) is 0. The number of hydrogen-bond acceptors (Lipinski definition) is 3. The van der Waals surface area contributed by atoms with Gasteiger partial charge < -0.3 is 10.1 Å². The highest BCUT2D eigenvalue weighted by molar-refractivity contribution is 5.97. The van der Waals surface area contributed by atoms with E-state index in [1.54, 1.807) is 19.1 Å². The van der Waals surface area contributed by atoms with Crippen LogP contribution in [0.3, 0.4) is 0 Å². The number of esters is 1. The Hall–Kier alpha value is -1.84. The van der Waals surface area contributed by atoms with E-state index >= 15 is 0 Å². The number of benzene rings is 1. The molecule has 1 N–H and O–H groups in total. The first-order chi connectivity index (χ1) is 7.93. The maximum atomic E-state index is 11.9. The lowest BCUT2D eigenvalue weighted by Crippen LogP contribution is -2.39. The van der Waals surface area contributed by atoms with Crippen LogP contribution in [0.1, 0.15) is 28.4 Å². The first-order valence-electron chi connectivity index (χ1n) is 5.41. The van der Waals surface area contributed by atoms with Gasteiger partial charge in [-0.05, 0) is 32.9 Å². The molecule has 17 heavy (non-hydrogen) atoms. The van der Waals surface area contributed by atoms with Gasteiger partial charge in [0.15, 0.2) is 0 Å². The number of nitrogens with one attached hydrogen (secondary N) is 1. The molecular formula is C13H17NO3. The van der Waals surface area contributed by atoms with Crippen molar-refractivity contribution in [2.45, 2.75) is 26.8 Å². The molecule has 0 bridgehead atoms. The van der Waals surface area contributed by atoms with Gasteiger partial charge in [-0.15, -0.1) is 0 Å². The van der Waals surface area contributed by atoms with Gasteiger partial charge in [0.1, 0.15) is 6.04 Å². The fraction of sp³-hybridized carbons (Fsp3) is 0.385. The number of methoxy groups -OCH3 is 1. The molecule has 4 heteroatoms. The summed E-state index contributed by atoms with van der Waals surface area (Å²) in [5, 5.41) is 2.59. The van der Waals surface area contributed by atoms with Crippen LogP contribution < -0.4 is 5.32 Å². The highest BCUT2D eigenvalue weighted by Crippen LogP contribution is 2.09. The van der Waals surface area contributed by atoms with E-state index in [4.69, 9.17) is 0 Å². The van der Waals surface area contributed by atoms with Crippen molar-refractivity contribution in [3.8, 4) is 0 Å². The van der Waals surface area contributed by atoms with Gasteiger partial charge in [-0.1, -0.05) is 17.2 Å². The number of hydrogen-bond donors (Lipinski definition) is 1. The molecule has 0 saturated carbocycles. The summed E-state index contributed by atoms with van der Waals surface area (Å²) in [4.78, 5) is 23.0. The molecule has 1 atom stereocenters. The minimum atomic E-state index is -0.645. The van der Waals surface area contributed by atoms with Gasteiger partial charge in [0.05, 0.1) is 7.11 Å². The Balaban J connectivity index is 2.79. The summed E-state index contributed by atoms with van der Waals surface area (Å²) >= 11 is 0. The molecule has 0 fully saturated rings. The normalized spacial score (nSPS) is 11.8. The van der Waals surface area contributed by atoms with Gasteiger partial charge in [0.25, 0.3) is 5.91 Å². The first-order valence-corrected chi connectivity index (χ1v) is 5.41. The van der Waals surface area contributed by atoms with Gasteiger partial charge in [0, 0.05) is 5.56 Å². The molecule has 1 aromatic rings. The van der Waals surface area contributed by atoms with Gasteiger partial charge in [-0.2, -0.15) is 0 Å². The molecule has 0 radical (unpaired) electrons. The van der Waals surface area contributed by atoms with Crippen molar-refractivity contribution in [2.75, 3.05) is 7.11 Å². The third-order valence-corrected chi connectivity index (χ3v) is 2.39. The molecule has 0 saturated heterocycles. The van der Waals surface area contributed by atoms with Gasteiger partial charge in [-0.3, -0.25) is 4.79 Å². The highest BCUT2D eigenvalue weighted by atomic mass is 16.5. The zero-order valence-corrected chi connectivity index (χ0v) is 10.5. The van der Waals surface area contributed by atoms with Crippen LogP contribution in [-0.2, 0) is 9.53 Å². The van der Waals surface area contributed by atoms with Crippen LogP contribution in [0, 0.1) is 13.8 Å². The van der Waals surface area contributed by atoms with E-state index in [0.717, 1.165) is 11.1 Å². The van der Waals surface area contributed by atoms with Crippen LogP contribution in [0.4, 0.5) is 0 Å². The van der Waals surface area contributed by atoms with Crippen LogP contribution in [0.25, 0.3) is 0 Å². The first kappa shape index (κ1) is 13.2. The molecule has 0 aliphatic rings. The Morgan fingerprint density at radius 2 is 1.71 bits per heavy atom. The van der Waals surface area contributed by atoms with E-state index < -0.39 is 12.0 Å². The smallest absolute Gasteiger partial charge is 0.328 e. The second-order valence-corrected chi connectivity index (χ2v) is 4.09. The van der Waals surface area contributed by atoms with Crippen molar-refractivity contribution in [3.63, 3.8) is 0 Å². The summed E-state index contributed by atoms with van der Waals surface area (Å²) in [7, 11) is 1.29. The van der Waals surface area contributed by atoms with Gasteiger partial charge in [-0.25, -0.2) is 4.79 Å². The van der Waals surface area contributed by atoms with E-state index in [0.29, 0.717) is 5.56 Å². The van der Waals surface area contributed by atoms with Crippen molar-refractivity contribution in [2.24, 2.45) is 0 Å². The maximum absolute atomic E-state index is 11.9. The van der Waals surface area contributed by atoms with Crippen LogP contribution in [0.5, 0.6) is 0 Å². The number of aryl methyl sites for hydroxylation is 2. The molecule has 1 aromatic carbocycles. The van der Waals surface area contributed by atoms with Crippen LogP contribution in [-0.4, -0.2) is 25.0 Å². The van der Waals surface area contributed by atoms with E-state index in [-0.39, 0.29) is 5.91 Å². The standard InChI is InChI=1S/C13H17NO3/c1-8-5-9(2)7-11(6-8)12(15)14-10(3)13(16)17-4/h5-7,10H,1-4H3,(H,14,15). The lowest BCUT2D eigenvalue weighted by molar-refractivity contribution is -0.142. The lowest BCUT2D eigenvalue weighted by atomic mass is 10.1. The quantitative estimate of drug-likeness (QED) is 0.809. The van der Waals surface area contributed by atoms with E-state index in [1.165, 1.54) is 7.11 Å². The number of rotatable bonds is 3. The number of carbonyl (C=O) groups excluding carboxylic acids is 2. The Morgan fingerprint density at radius 1 is 1.18 bits per heavy atom. The third-order valence-electron chi connectivity index (χ3n) is 2.39.